The number of carbonyl (C=O) groups excluding carboxylic acids is 2. The SMILES string of the molecule is Cc1cc(Cl)c2c(c1Cl)C(=O)N(C(=O)OC(C)(C)C)CC2. The molecule has 0 unspecified atom stereocenters. The van der Waals surface area contributed by atoms with Gasteiger partial charge in [0.2, 0.25) is 0 Å². The zero-order valence-corrected chi connectivity index (χ0v) is 13.9. The molecule has 0 atom stereocenters. The number of carbonyl (C=O) groups is 2. The Morgan fingerprint density at radius 2 is 1.95 bits per heavy atom. The van der Waals surface area contributed by atoms with E-state index in [0.717, 1.165) is 4.90 Å². The molecule has 114 valence electrons. The summed E-state index contributed by atoms with van der Waals surface area (Å²) in [7, 11) is 0. The number of rotatable bonds is 0. The number of ether oxygens (including phenoxy) is 1. The minimum absolute atomic E-state index is 0.236. The molecule has 6 heteroatoms. The highest BCUT2D eigenvalue weighted by molar-refractivity contribution is 6.37. The Balaban J connectivity index is 2.39. The van der Waals surface area contributed by atoms with E-state index in [0.29, 0.717) is 33.2 Å². The molecule has 21 heavy (non-hydrogen) atoms. The predicted octanol–water partition coefficient (Wildman–Crippen LogP) is 4.24. The van der Waals surface area contributed by atoms with Crippen molar-refractivity contribution in [2.24, 2.45) is 0 Å². The molecule has 0 aromatic heterocycles. The number of nitrogens with zero attached hydrogens (tertiary/aromatic N) is 1. The molecule has 1 aliphatic rings. The fraction of sp³-hybridized carbons (Fsp3) is 0.467. The molecule has 1 aromatic rings. The molecule has 4 nitrogen and oxygen atoms in total. The molecule has 0 saturated carbocycles. The smallest absolute Gasteiger partial charge is 0.417 e. The fourth-order valence-corrected chi connectivity index (χ4v) is 2.81. The Hall–Kier alpha value is -1.26. The molecule has 0 spiro atoms. The number of amides is 2. The van der Waals surface area contributed by atoms with Crippen LogP contribution in [0, 0.1) is 6.92 Å². The monoisotopic (exact) mass is 329 g/mol. The van der Waals surface area contributed by atoms with Crippen LogP contribution in [0.1, 0.15) is 42.3 Å². The second-order valence-electron chi connectivity index (χ2n) is 6.03. The summed E-state index contributed by atoms with van der Waals surface area (Å²) in [4.78, 5) is 25.8. The lowest BCUT2D eigenvalue weighted by molar-refractivity contribution is 0.0233. The lowest BCUT2D eigenvalue weighted by Crippen LogP contribution is -2.45. The average Bonchev–Trinajstić information content (AvgIpc) is 2.33. The predicted molar refractivity (Wildman–Crippen MR) is 82.2 cm³/mol. The van der Waals surface area contributed by atoms with Crippen molar-refractivity contribution in [2.45, 2.75) is 39.7 Å². The van der Waals surface area contributed by atoms with E-state index in [2.05, 4.69) is 0 Å². The summed E-state index contributed by atoms with van der Waals surface area (Å²) < 4.78 is 5.25. The molecule has 0 aliphatic carbocycles. The summed E-state index contributed by atoms with van der Waals surface area (Å²) in [5.41, 5.74) is 1.04. The molecule has 0 saturated heterocycles. The fourth-order valence-electron chi connectivity index (χ4n) is 2.21. The van der Waals surface area contributed by atoms with Crippen molar-refractivity contribution < 1.29 is 14.3 Å². The van der Waals surface area contributed by atoms with Crippen molar-refractivity contribution in [1.82, 2.24) is 4.90 Å². The van der Waals surface area contributed by atoms with Gasteiger partial charge >= 0.3 is 6.09 Å². The van der Waals surface area contributed by atoms with Crippen molar-refractivity contribution in [1.29, 1.82) is 0 Å². The van der Waals surface area contributed by atoms with Crippen molar-refractivity contribution in [3.8, 4) is 0 Å². The van der Waals surface area contributed by atoms with Gasteiger partial charge in [-0.2, -0.15) is 0 Å². The lowest BCUT2D eigenvalue weighted by Gasteiger charge is -2.30. The van der Waals surface area contributed by atoms with Gasteiger partial charge in [0.05, 0.1) is 10.6 Å². The first-order chi connectivity index (χ1) is 9.61. The molecule has 0 fully saturated rings. The van der Waals surface area contributed by atoms with Crippen molar-refractivity contribution in [3.63, 3.8) is 0 Å². The van der Waals surface area contributed by atoms with Crippen LogP contribution in [0.5, 0.6) is 0 Å². The molecule has 1 heterocycles. The van der Waals surface area contributed by atoms with Crippen LogP contribution in [-0.4, -0.2) is 29.0 Å². The van der Waals surface area contributed by atoms with Gasteiger partial charge in [-0.25, -0.2) is 9.69 Å². The number of benzene rings is 1. The molecule has 1 aliphatic heterocycles. The molecular formula is C15H17Cl2NO3. The number of imide groups is 1. The Kier molecular flexibility index (Phi) is 4.22. The molecule has 0 radical (unpaired) electrons. The van der Waals surface area contributed by atoms with Gasteiger partial charge in [0.25, 0.3) is 5.91 Å². The third kappa shape index (κ3) is 3.16. The first kappa shape index (κ1) is 16.1. The van der Waals surface area contributed by atoms with Crippen LogP contribution >= 0.6 is 23.2 Å². The van der Waals surface area contributed by atoms with E-state index in [9.17, 15) is 9.59 Å². The zero-order chi connectivity index (χ0) is 15.9. The third-order valence-corrected chi connectivity index (χ3v) is 3.98. The van der Waals surface area contributed by atoms with Crippen molar-refractivity contribution >= 4 is 35.2 Å². The minimum atomic E-state index is -0.661. The molecule has 1 aromatic carbocycles. The van der Waals surface area contributed by atoms with Gasteiger partial charge in [-0.15, -0.1) is 0 Å². The minimum Gasteiger partial charge on any atom is -0.443 e. The largest absolute Gasteiger partial charge is 0.443 e. The number of hydrogen-bond acceptors (Lipinski definition) is 3. The molecular weight excluding hydrogens is 313 g/mol. The Morgan fingerprint density at radius 1 is 1.33 bits per heavy atom. The van der Waals surface area contributed by atoms with Crippen LogP contribution in [0.4, 0.5) is 4.79 Å². The van der Waals surface area contributed by atoms with Crippen molar-refractivity contribution in [3.05, 3.63) is 32.8 Å². The standard InChI is InChI=1S/C15H17Cl2NO3/c1-8-7-10(16)9-5-6-18(13(19)11(9)12(8)17)14(20)21-15(2,3)4/h7H,5-6H2,1-4H3. The number of aryl methyl sites for hydroxylation is 1. The van der Waals surface area contributed by atoms with Crippen LogP contribution in [0.3, 0.4) is 0 Å². The zero-order valence-electron chi connectivity index (χ0n) is 12.4. The summed E-state index contributed by atoms with van der Waals surface area (Å²) in [6.45, 7) is 7.26. The van der Waals surface area contributed by atoms with E-state index in [1.54, 1.807) is 33.8 Å². The van der Waals surface area contributed by atoms with Gasteiger partial charge in [-0.05, 0) is 51.3 Å². The quantitative estimate of drug-likeness (QED) is 0.715. The molecule has 0 bridgehead atoms. The van der Waals surface area contributed by atoms with Crippen LogP contribution in [0.15, 0.2) is 6.07 Å². The van der Waals surface area contributed by atoms with Gasteiger partial charge in [0.1, 0.15) is 5.60 Å². The summed E-state index contributed by atoms with van der Waals surface area (Å²) in [6.07, 6.45) is -0.189. The highest BCUT2D eigenvalue weighted by Crippen LogP contribution is 2.34. The summed E-state index contributed by atoms with van der Waals surface area (Å²) in [5.74, 6) is -0.457. The van der Waals surface area contributed by atoms with E-state index in [1.165, 1.54) is 0 Å². The number of halogens is 2. The number of fused-ring (bicyclic) bond motifs is 1. The van der Waals surface area contributed by atoms with E-state index in [-0.39, 0.29) is 6.54 Å². The third-order valence-electron chi connectivity index (χ3n) is 3.16. The summed E-state index contributed by atoms with van der Waals surface area (Å²) >= 11 is 12.4. The maximum Gasteiger partial charge on any atom is 0.417 e. The van der Waals surface area contributed by atoms with Gasteiger partial charge in [-0.1, -0.05) is 23.2 Å². The van der Waals surface area contributed by atoms with Crippen LogP contribution < -0.4 is 0 Å². The molecule has 2 rings (SSSR count). The summed E-state index contributed by atoms with van der Waals surface area (Å²) in [6, 6.07) is 1.74. The summed E-state index contributed by atoms with van der Waals surface area (Å²) in [5, 5.41) is 0.844. The highest BCUT2D eigenvalue weighted by Gasteiger charge is 2.35. The van der Waals surface area contributed by atoms with E-state index in [1.807, 2.05) is 0 Å². The maximum absolute atomic E-state index is 12.6. The maximum atomic E-state index is 12.6. The van der Waals surface area contributed by atoms with Gasteiger partial charge in [0, 0.05) is 11.6 Å². The first-order valence-corrected chi connectivity index (χ1v) is 7.39. The molecule has 2 amide bonds. The first-order valence-electron chi connectivity index (χ1n) is 6.64. The molecule has 0 N–H and O–H groups in total. The Labute approximate surface area is 134 Å². The van der Waals surface area contributed by atoms with E-state index in [4.69, 9.17) is 27.9 Å². The van der Waals surface area contributed by atoms with Crippen LogP contribution in [0.25, 0.3) is 0 Å². The Bertz CT molecular complexity index is 620. The van der Waals surface area contributed by atoms with Crippen LogP contribution in [0.2, 0.25) is 10.0 Å². The van der Waals surface area contributed by atoms with Gasteiger partial charge in [0.15, 0.2) is 0 Å². The van der Waals surface area contributed by atoms with Gasteiger partial charge < -0.3 is 4.74 Å². The van der Waals surface area contributed by atoms with Crippen LogP contribution in [-0.2, 0) is 11.2 Å². The van der Waals surface area contributed by atoms with E-state index < -0.39 is 17.6 Å². The lowest BCUT2D eigenvalue weighted by atomic mass is 9.97. The Morgan fingerprint density at radius 3 is 2.52 bits per heavy atom. The number of hydrogen-bond donors (Lipinski definition) is 0. The second-order valence-corrected chi connectivity index (χ2v) is 6.82. The van der Waals surface area contributed by atoms with Gasteiger partial charge in [-0.3, -0.25) is 4.79 Å². The highest BCUT2D eigenvalue weighted by atomic mass is 35.5. The second kappa shape index (κ2) is 5.50. The average molecular weight is 330 g/mol. The topological polar surface area (TPSA) is 46.6 Å². The van der Waals surface area contributed by atoms with Crippen molar-refractivity contribution in [2.75, 3.05) is 6.54 Å². The van der Waals surface area contributed by atoms with E-state index >= 15 is 0 Å². The normalized spacial score (nSPS) is 15.0.